The molecule has 0 spiro atoms. The number of nitro groups is 1. The summed E-state index contributed by atoms with van der Waals surface area (Å²) in [5.41, 5.74) is 2.04. The van der Waals surface area contributed by atoms with E-state index in [0.717, 1.165) is 12.0 Å². The van der Waals surface area contributed by atoms with Gasteiger partial charge in [0, 0.05) is 17.5 Å². The number of anilines is 1. The number of hydrogen-bond acceptors (Lipinski definition) is 3. The smallest absolute Gasteiger partial charge is 0.292 e. The summed E-state index contributed by atoms with van der Waals surface area (Å²) >= 11 is 0. The quantitative estimate of drug-likeness (QED) is 0.502. The molecule has 5 heteroatoms. The Morgan fingerprint density at radius 1 is 1.13 bits per heavy atom. The fourth-order valence-electron chi connectivity index (χ4n) is 3.79. The first-order valence-electron chi connectivity index (χ1n) is 7.61. The van der Waals surface area contributed by atoms with E-state index in [9.17, 15) is 14.5 Å². The molecule has 0 unspecified atom stereocenters. The fourth-order valence-corrected chi connectivity index (χ4v) is 3.79. The second-order valence-electron chi connectivity index (χ2n) is 6.00. The SMILES string of the molecule is O=[N+]([O-])c1cccc2c1N[C@H](c1ccccc1F)[C@@H]1CC=C[C@@H]21. The first kappa shape index (κ1) is 13.9. The summed E-state index contributed by atoms with van der Waals surface area (Å²) in [6, 6.07) is 11.5. The van der Waals surface area contributed by atoms with Gasteiger partial charge in [0.05, 0.1) is 11.0 Å². The standard InChI is InChI=1S/C18H15FN2O2/c19-15-9-2-1-5-14(15)17-12-7-3-6-11(12)13-8-4-10-16(21(22)23)18(13)20-17/h1-6,8-12,17,20H,7H2/t11-,12-,17+/m1/s1. The summed E-state index contributed by atoms with van der Waals surface area (Å²) < 4.78 is 14.3. The summed E-state index contributed by atoms with van der Waals surface area (Å²) in [4.78, 5) is 11.0. The Morgan fingerprint density at radius 2 is 1.91 bits per heavy atom. The van der Waals surface area contributed by atoms with E-state index in [2.05, 4.69) is 17.5 Å². The number of hydrogen-bond donors (Lipinski definition) is 1. The van der Waals surface area contributed by atoms with E-state index in [4.69, 9.17) is 0 Å². The van der Waals surface area contributed by atoms with Crippen molar-refractivity contribution >= 4 is 11.4 Å². The predicted octanol–water partition coefficient (Wildman–Crippen LogP) is 4.56. The molecule has 0 bridgehead atoms. The third-order valence-corrected chi connectivity index (χ3v) is 4.81. The average Bonchev–Trinajstić information content (AvgIpc) is 3.04. The minimum Gasteiger partial charge on any atom is -0.372 e. The van der Waals surface area contributed by atoms with Gasteiger partial charge in [-0.1, -0.05) is 42.5 Å². The Balaban J connectivity index is 1.87. The third-order valence-electron chi connectivity index (χ3n) is 4.81. The molecule has 23 heavy (non-hydrogen) atoms. The summed E-state index contributed by atoms with van der Waals surface area (Å²) in [6.45, 7) is 0. The first-order chi connectivity index (χ1) is 11.2. The molecule has 4 nitrogen and oxygen atoms in total. The molecule has 2 aromatic rings. The van der Waals surface area contributed by atoms with E-state index < -0.39 is 0 Å². The molecule has 116 valence electrons. The van der Waals surface area contributed by atoms with E-state index in [1.165, 1.54) is 12.1 Å². The number of para-hydroxylation sites is 1. The van der Waals surface area contributed by atoms with Crippen LogP contribution in [-0.2, 0) is 0 Å². The van der Waals surface area contributed by atoms with Crippen LogP contribution < -0.4 is 5.32 Å². The number of halogens is 1. The molecule has 0 radical (unpaired) electrons. The Kier molecular flexibility index (Phi) is 3.15. The maximum Gasteiger partial charge on any atom is 0.292 e. The minimum atomic E-state index is -0.386. The molecule has 2 aliphatic rings. The number of fused-ring (bicyclic) bond motifs is 3. The number of allylic oxidation sites excluding steroid dienone is 2. The number of benzene rings is 2. The van der Waals surface area contributed by atoms with Crippen LogP contribution in [0.4, 0.5) is 15.8 Å². The third kappa shape index (κ3) is 2.11. The second-order valence-corrected chi connectivity index (χ2v) is 6.00. The highest BCUT2D eigenvalue weighted by molar-refractivity contribution is 5.71. The maximum atomic E-state index is 14.3. The molecule has 0 fully saturated rings. The average molecular weight is 310 g/mol. The zero-order valence-electron chi connectivity index (χ0n) is 12.3. The molecule has 3 atom stereocenters. The predicted molar refractivity (Wildman–Crippen MR) is 85.8 cm³/mol. The molecule has 0 amide bonds. The Labute approximate surface area is 132 Å². The number of nitro benzene ring substituents is 1. The van der Waals surface area contributed by atoms with Gasteiger partial charge in [-0.2, -0.15) is 0 Å². The van der Waals surface area contributed by atoms with E-state index in [0.29, 0.717) is 11.3 Å². The minimum absolute atomic E-state index is 0.0441. The summed E-state index contributed by atoms with van der Waals surface area (Å²) in [5, 5.41) is 14.6. The van der Waals surface area contributed by atoms with Crippen LogP contribution in [0.5, 0.6) is 0 Å². The highest BCUT2D eigenvalue weighted by Gasteiger charge is 2.41. The van der Waals surface area contributed by atoms with Crippen molar-refractivity contribution in [2.75, 3.05) is 5.32 Å². The van der Waals surface area contributed by atoms with Crippen molar-refractivity contribution in [1.29, 1.82) is 0 Å². The fraction of sp³-hybridized carbons (Fsp3) is 0.222. The van der Waals surface area contributed by atoms with Crippen LogP contribution >= 0.6 is 0 Å². The Bertz CT molecular complexity index is 818. The lowest BCUT2D eigenvalue weighted by Gasteiger charge is -2.37. The molecule has 0 saturated heterocycles. The molecule has 0 aromatic heterocycles. The molecule has 2 aromatic carbocycles. The van der Waals surface area contributed by atoms with Gasteiger partial charge in [-0.3, -0.25) is 10.1 Å². The molecular formula is C18H15FN2O2. The molecule has 1 aliphatic heterocycles. The first-order valence-corrected chi connectivity index (χ1v) is 7.61. The highest BCUT2D eigenvalue weighted by atomic mass is 19.1. The number of nitrogens with zero attached hydrogens (tertiary/aromatic N) is 1. The van der Waals surface area contributed by atoms with Crippen LogP contribution in [-0.4, -0.2) is 4.92 Å². The lowest BCUT2D eigenvalue weighted by atomic mass is 9.76. The van der Waals surface area contributed by atoms with Crippen molar-refractivity contribution in [3.05, 3.63) is 81.7 Å². The zero-order valence-corrected chi connectivity index (χ0v) is 12.3. The molecule has 1 heterocycles. The van der Waals surface area contributed by atoms with Crippen molar-refractivity contribution in [2.45, 2.75) is 18.4 Å². The summed E-state index contributed by atoms with van der Waals surface area (Å²) in [7, 11) is 0. The molecule has 1 N–H and O–H groups in total. The van der Waals surface area contributed by atoms with Gasteiger partial charge >= 0.3 is 0 Å². The molecular weight excluding hydrogens is 295 g/mol. The number of nitrogens with one attached hydrogen (secondary N) is 1. The zero-order chi connectivity index (χ0) is 16.0. The van der Waals surface area contributed by atoms with Gasteiger partial charge in [-0.25, -0.2) is 4.39 Å². The maximum absolute atomic E-state index is 14.3. The summed E-state index contributed by atoms with van der Waals surface area (Å²) in [5.74, 6) is -0.0326. The van der Waals surface area contributed by atoms with Crippen LogP contribution in [0, 0.1) is 21.8 Å². The van der Waals surface area contributed by atoms with Crippen LogP contribution in [0.1, 0.15) is 29.5 Å². The van der Waals surface area contributed by atoms with Crippen molar-refractivity contribution in [1.82, 2.24) is 0 Å². The lowest BCUT2D eigenvalue weighted by molar-refractivity contribution is -0.384. The van der Waals surface area contributed by atoms with Gasteiger partial charge in [-0.15, -0.1) is 0 Å². The van der Waals surface area contributed by atoms with E-state index >= 15 is 0 Å². The van der Waals surface area contributed by atoms with Gasteiger partial charge in [0.25, 0.3) is 5.69 Å². The summed E-state index contributed by atoms with van der Waals surface area (Å²) in [6.07, 6.45) is 5.00. The van der Waals surface area contributed by atoms with Gasteiger partial charge < -0.3 is 5.32 Å². The Morgan fingerprint density at radius 3 is 2.70 bits per heavy atom. The van der Waals surface area contributed by atoms with Gasteiger partial charge in [0.15, 0.2) is 0 Å². The van der Waals surface area contributed by atoms with Crippen molar-refractivity contribution in [3.63, 3.8) is 0 Å². The van der Waals surface area contributed by atoms with Crippen molar-refractivity contribution < 1.29 is 9.31 Å². The Hall–Kier alpha value is -2.69. The van der Waals surface area contributed by atoms with E-state index in [1.54, 1.807) is 24.3 Å². The molecule has 1 aliphatic carbocycles. The van der Waals surface area contributed by atoms with Gasteiger partial charge in [0.2, 0.25) is 0 Å². The normalized spacial score (nSPS) is 24.7. The van der Waals surface area contributed by atoms with E-state index in [-0.39, 0.29) is 34.3 Å². The molecule has 4 rings (SSSR count). The van der Waals surface area contributed by atoms with Gasteiger partial charge in [0.1, 0.15) is 11.5 Å². The van der Waals surface area contributed by atoms with Crippen LogP contribution in [0.25, 0.3) is 0 Å². The largest absolute Gasteiger partial charge is 0.372 e. The number of rotatable bonds is 2. The monoisotopic (exact) mass is 310 g/mol. The lowest BCUT2D eigenvalue weighted by Crippen LogP contribution is -2.30. The van der Waals surface area contributed by atoms with Gasteiger partial charge in [-0.05, 0) is 24.0 Å². The van der Waals surface area contributed by atoms with Crippen LogP contribution in [0.3, 0.4) is 0 Å². The van der Waals surface area contributed by atoms with Crippen LogP contribution in [0.2, 0.25) is 0 Å². The second kappa shape index (κ2) is 5.19. The van der Waals surface area contributed by atoms with Crippen molar-refractivity contribution in [2.24, 2.45) is 5.92 Å². The van der Waals surface area contributed by atoms with Crippen LogP contribution in [0.15, 0.2) is 54.6 Å². The molecule has 0 saturated carbocycles. The van der Waals surface area contributed by atoms with E-state index in [1.807, 2.05) is 6.07 Å². The highest BCUT2D eigenvalue weighted by Crippen LogP contribution is 2.52. The van der Waals surface area contributed by atoms with Crippen molar-refractivity contribution in [3.8, 4) is 0 Å². The topological polar surface area (TPSA) is 55.2 Å².